The topological polar surface area (TPSA) is 86.7 Å². The van der Waals surface area contributed by atoms with Gasteiger partial charge in [0.25, 0.3) is 5.69 Å². The first kappa shape index (κ1) is 13.0. The standard InChI is InChI=1S/C12H13N5O2S/c1-8(9-3-2-4-11(7-9)17(18)19)20-12-13-14-15-16(12)10-5-6-10/h2-4,7-8,10H,5-6H2,1H3. The molecular formula is C12H13N5O2S. The van der Waals surface area contributed by atoms with Crippen LogP contribution >= 0.6 is 11.8 Å². The number of tetrazole rings is 1. The molecule has 0 bridgehead atoms. The Balaban J connectivity index is 1.78. The zero-order valence-corrected chi connectivity index (χ0v) is 11.7. The van der Waals surface area contributed by atoms with Crippen molar-refractivity contribution < 1.29 is 4.92 Å². The van der Waals surface area contributed by atoms with Crippen LogP contribution in [-0.4, -0.2) is 25.1 Å². The summed E-state index contributed by atoms with van der Waals surface area (Å²) in [5.74, 6) is 0. The van der Waals surface area contributed by atoms with Gasteiger partial charge in [-0.25, -0.2) is 4.68 Å². The van der Waals surface area contributed by atoms with E-state index in [0.717, 1.165) is 23.6 Å². The molecule has 2 aromatic rings. The fourth-order valence-corrected chi connectivity index (χ4v) is 2.90. The van der Waals surface area contributed by atoms with E-state index in [9.17, 15) is 10.1 Å². The smallest absolute Gasteiger partial charge is 0.258 e. The Hall–Kier alpha value is -1.96. The van der Waals surface area contributed by atoms with Crippen molar-refractivity contribution in [3.8, 4) is 0 Å². The zero-order chi connectivity index (χ0) is 14.1. The molecule has 1 aliphatic carbocycles. The van der Waals surface area contributed by atoms with Gasteiger partial charge in [-0.1, -0.05) is 23.9 Å². The highest BCUT2D eigenvalue weighted by molar-refractivity contribution is 7.99. The summed E-state index contributed by atoms with van der Waals surface area (Å²) in [5, 5.41) is 23.4. The predicted octanol–water partition coefficient (Wildman–Crippen LogP) is 2.77. The number of hydrogen-bond donors (Lipinski definition) is 0. The van der Waals surface area contributed by atoms with Crippen LogP contribution in [0, 0.1) is 10.1 Å². The Bertz CT molecular complexity index is 640. The molecule has 0 spiro atoms. The maximum absolute atomic E-state index is 10.8. The van der Waals surface area contributed by atoms with Gasteiger partial charge in [-0.15, -0.1) is 5.10 Å². The number of rotatable bonds is 5. The minimum Gasteiger partial charge on any atom is -0.258 e. The third-order valence-electron chi connectivity index (χ3n) is 3.19. The van der Waals surface area contributed by atoms with Crippen molar-refractivity contribution in [1.29, 1.82) is 0 Å². The molecule has 3 rings (SSSR count). The summed E-state index contributed by atoms with van der Waals surface area (Å²) >= 11 is 1.52. The Kier molecular flexibility index (Phi) is 3.39. The summed E-state index contributed by atoms with van der Waals surface area (Å²) in [5.41, 5.74) is 1.01. The Morgan fingerprint density at radius 2 is 2.30 bits per heavy atom. The fourth-order valence-electron chi connectivity index (χ4n) is 1.93. The van der Waals surface area contributed by atoms with E-state index in [-0.39, 0.29) is 15.9 Å². The number of nitro groups is 1. The molecule has 1 aromatic carbocycles. The minimum absolute atomic E-state index is 0.0541. The predicted molar refractivity (Wildman–Crippen MR) is 73.5 cm³/mol. The van der Waals surface area contributed by atoms with Gasteiger partial charge in [-0.2, -0.15) is 0 Å². The molecule has 1 aliphatic rings. The van der Waals surface area contributed by atoms with Gasteiger partial charge in [0.05, 0.1) is 11.0 Å². The van der Waals surface area contributed by atoms with E-state index < -0.39 is 0 Å². The molecule has 0 radical (unpaired) electrons. The van der Waals surface area contributed by atoms with E-state index in [2.05, 4.69) is 15.5 Å². The summed E-state index contributed by atoms with van der Waals surface area (Å²) in [4.78, 5) is 10.4. The largest absolute Gasteiger partial charge is 0.269 e. The first-order valence-electron chi connectivity index (χ1n) is 6.34. The van der Waals surface area contributed by atoms with Crippen LogP contribution in [0.4, 0.5) is 5.69 Å². The molecular weight excluding hydrogens is 278 g/mol. The van der Waals surface area contributed by atoms with E-state index in [1.807, 2.05) is 17.7 Å². The number of non-ortho nitro benzene ring substituents is 1. The Labute approximate surface area is 119 Å². The summed E-state index contributed by atoms with van der Waals surface area (Å²) in [6, 6.07) is 7.10. The molecule has 20 heavy (non-hydrogen) atoms. The zero-order valence-electron chi connectivity index (χ0n) is 10.8. The van der Waals surface area contributed by atoms with Crippen LogP contribution in [0.15, 0.2) is 29.4 Å². The molecule has 1 heterocycles. The lowest BCUT2D eigenvalue weighted by molar-refractivity contribution is -0.384. The Morgan fingerprint density at radius 1 is 1.50 bits per heavy atom. The van der Waals surface area contributed by atoms with E-state index >= 15 is 0 Å². The molecule has 1 aromatic heterocycles. The quantitative estimate of drug-likeness (QED) is 0.478. The van der Waals surface area contributed by atoms with Crippen LogP contribution < -0.4 is 0 Å². The van der Waals surface area contributed by atoms with Gasteiger partial charge in [0.2, 0.25) is 5.16 Å². The number of thioether (sulfide) groups is 1. The second-order valence-electron chi connectivity index (χ2n) is 4.75. The van der Waals surface area contributed by atoms with Crippen LogP contribution in [0.25, 0.3) is 0 Å². The van der Waals surface area contributed by atoms with Crippen molar-refractivity contribution in [3.05, 3.63) is 39.9 Å². The highest BCUT2D eigenvalue weighted by Gasteiger charge is 2.28. The molecule has 1 saturated carbocycles. The van der Waals surface area contributed by atoms with Crippen molar-refractivity contribution in [2.24, 2.45) is 0 Å². The van der Waals surface area contributed by atoms with Crippen molar-refractivity contribution in [2.75, 3.05) is 0 Å². The van der Waals surface area contributed by atoms with Crippen LogP contribution in [-0.2, 0) is 0 Å². The Morgan fingerprint density at radius 3 is 3.00 bits per heavy atom. The highest BCUT2D eigenvalue weighted by Crippen LogP contribution is 2.40. The number of nitro benzene ring substituents is 1. The van der Waals surface area contributed by atoms with Crippen LogP contribution in [0.1, 0.15) is 36.6 Å². The van der Waals surface area contributed by atoms with Gasteiger partial charge in [-0.05, 0) is 35.8 Å². The molecule has 1 unspecified atom stereocenters. The molecule has 1 atom stereocenters. The summed E-state index contributed by atoms with van der Waals surface area (Å²) in [6.07, 6.45) is 2.23. The fraction of sp³-hybridized carbons (Fsp3) is 0.417. The number of nitrogens with zero attached hydrogens (tertiary/aromatic N) is 5. The van der Waals surface area contributed by atoms with Gasteiger partial charge in [0, 0.05) is 17.4 Å². The third-order valence-corrected chi connectivity index (χ3v) is 4.29. The molecule has 0 saturated heterocycles. The van der Waals surface area contributed by atoms with Crippen molar-refractivity contribution >= 4 is 17.4 Å². The third kappa shape index (κ3) is 2.64. The molecule has 0 amide bonds. The van der Waals surface area contributed by atoms with Crippen LogP contribution in [0.5, 0.6) is 0 Å². The second kappa shape index (κ2) is 5.20. The van der Waals surface area contributed by atoms with Crippen LogP contribution in [0.3, 0.4) is 0 Å². The average Bonchev–Trinajstić information content (AvgIpc) is 3.19. The summed E-state index contributed by atoms with van der Waals surface area (Å²) in [7, 11) is 0. The van der Waals surface area contributed by atoms with E-state index in [1.165, 1.54) is 17.8 Å². The van der Waals surface area contributed by atoms with Gasteiger partial charge in [0.15, 0.2) is 0 Å². The van der Waals surface area contributed by atoms with Crippen LogP contribution in [0.2, 0.25) is 0 Å². The van der Waals surface area contributed by atoms with E-state index in [4.69, 9.17) is 0 Å². The summed E-state index contributed by atoms with van der Waals surface area (Å²) < 4.78 is 1.85. The van der Waals surface area contributed by atoms with Crippen molar-refractivity contribution in [2.45, 2.75) is 36.2 Å². The number of hydrogen-bond acceptors (Lipinski definition) is 6. The summed E-state index contributed by atoms with van der Waals surface area (Å²) in [6.45, 7) is 2.00. The van der Waals surface area contributed by atoms with Gasteiger partial charge in [0.1, 0.15) is 0 Å². The molecule has 104 valence electrons. The second-order valence-corrected chi connectivity index (χ2v) is 6.06. The SMILES string of the molecule is CC(Sc1nnnn1C1CC1)c1cccc([N+](=O)[O-])c1. The molecule has 7 nitrogen and oxygen atoms in total. The lowest BCUT2D eigenvalue weighted by atomic mass is 10.1. The van der Waals surface area contributed by atoms with Gasteiger partial charge in [-0.3, -0.25) is 10.1 Å². The lowest BCUT2D eigenvalue weighted by Crippen LogP contribution is -2.00. The monoisotopic (exact) mass is 291 g/mol. The average molecular weight is 291 g/mol. The molecule has 1 fully saturated rings. The highest BCUT2D eigenvalue weighted by atomic mass is 32.2. The number of benzene rings is 1. The van der Waals surface area contributed by atoms with Crippen molar-refractivity contribution in [1.82, 2.24) is 20.2 Å². The first-order chi connectivity index (χ1) is 9.65. The minimum atomic E-state index is -0.380. The molecule has 0 N–H and O–H groups in total. The van der Waals surface area contributed by atoms with Gasteiger partial charge >= 0.3 is 0 Å². The number of aromatic nitrogens is 4. The van der Waals surface area contributed by atoms with E-state index in [0.29, 0.717) is 6.04 Å². The normalized spacial score (nSPS) is 16.1. The first-order valence-corrected chi connectivity index (χ1v) is 7.22. The maximum atomic E-state index is 10.8. The molecule has 8 heteroatoms. The van der Waals surface area contributed by atoms with Gasteiger partial charge < -0.3 is 0 Å². The van der Waals surface area contributed by atoms with Crippen molar-refractivity contribution in [3.63, 3.8) is 0 Å². The lowest BCUT2D eigenvalue weighted by Gasteiger charge is -2.10. The van der Waals surface area contributed by atoms with E-state index in [1.54, 1.807) is 12.1 Å². The maximum Gasteiger partial charge on any atom is 0.269 e. The molecule has 0 aliphatic heterocycles.